The summed E-state index contributed by atoms with van der Waals surface area (Å²) in [6, 6.07) is -1.18. The maximum absolute atomic E-state index is 12.2. The number of hydrogen-bond acceptors (Lipinski definition) is 3. The van der Waals surface area contributed by atoms with Crippen molar-refractivity contribution < 1.29 is 27.9 Å². The highest BCUT2D eigenvalue weighted by Crippen LogP contribution is 2.25. The average molecular weight is 301 g/mol. The number of alkyl halides is 3. The number of rotatable bonds is 7. The van der Waals surface area contributed by atoms with Gasteiger partial charge in [-0.2, -0.15) is 25.8 Å². The average Bonchev–Trinajstić information content (AvgIpc) is 2.22. The maximum Gasteiger partial charge on any atom is 0.389 e. The molecule has 0 radical (unpaired) electrons. The number of amides is 1. The standard InChI is InChI=1S/C11H18F3NO3S/c1-6(2)3-8(10(17)18)15-9(16)7(5-19)4-11(12,13)14/h6-8,19H,3-5H2,1-2H3,(H,15,16)(H,17,18)/t7?,8-/m0/s1. The van der Waals surface area contributed by atoms with Gasteiger partial charge in [0.1, 0.15) is 6.04 Å². The lowest BCUT2D eigenvalue weighted by molar-refractivity contribution is -0.154. The number of hydrogen-bond donors (Lipinski definition) is 3. The zero-order chi connectivity index (χ0) is 15.2. The highest BCUT2D eigenvalue weighted by Gasteiger charge is 2.35. The topological polar surface area (TPSA) is 66.4 Å². The molecule has 0 aliphatic carbocycles. The van der Waals surface area contributed by atoms with Crippen LogP contribution in [-0.2, 0) is 9.59 Å². The van der Waals surface area contributed by atoms with Gasteiger partial charge >= 0.3 is 12.1 Å². The summed E-state index contributed by atoms with van der Waals surface area (Å²) in [4.78, 5) is 22.5. The molecule has 0 aliphatic heterocycles. The van der Waals surface area contributed by atoms with E-state index < -0.39 is 36.4 Å². The minimum Gasteiger partial charge on any atom is -0.480 e. The summed E-state index contributed by atoms with van der Waals surface area (Å²) in [7, 11) is 0. The van der Waals surface area contributed by atoms with E-state index in [9.17, 15) is 22.8 Å². The molecule has 1 amide bonds. The zero-order valence-electron chi connectivity index (χ0n) is 10.7. The Kier molecular flexibility index (Phi) is 7.25. The Morgan fingerprint density at radius 2 is 1.84 bits per heavy atom. The molecule has 0 saturated heterocycles. The number of carboxylic acid groups (broad SMARTS) is 1. The largest absolute Gasteiger partial charge is 0.480 e. The minimum atomic E-state index is -4.48. The summed E-state index contributed by atoms with van der Waals surface area (Å²) < 4.78 is 36.7. The molecule has 2 atom stereocenters. The van der Waals surface area contributed by atoms with Gasteiger partial charge in [0.15, 0.2) is 0 Å². The van der Waals surface area contributed by atoms with Crippen LogP contribution in [0.5, 0.6) is 0 Å². The van der Waals surface area contributed by atoms with Gasteiger partial charge in [-0.05, 0) is 12.3 Å². The van der Waals surface area contributed by atoms with Gasteiger partial charge in [-0.3, -0.25) is 4.79 Å². The molecule has 4 nitrogen and oxygen atoms in total. The predicted octanol–water partition coefficient (Wildman–Crippen LogP) is 2.10. The lowest BCUT2D eigenvalue weighted by Gasteiger charge is -2.21. The Balaban J connectivity index is 4.64. The normalized spacial score (nSPS) is 15.1. The van der Waals surface area contributed by atoms with Gasteiger partial charge in [-0.1, -0.05) is 13.8 Å². The van der Waals surface area contributed by atoms with E-state index in [4.69, 9.17) is 5.11 Å². The Bertz CT molecular complexity index is 321. The third-order valence-electron chi connectivity index (χ3n) is 2.39. The number of carbonyl (C=O) groups is 2. The van der Waals surface area contributed by atoms with Crippen LogP contribution in [0.25, 0.3) is 0 Å². The van der Waals surface area contributed by atoms with Crippen molar-refractivity contribution in [2.75, 3.05) is 5.75 Å². The van der Waals surface area contributed by atoms with Crippen LogP contribution in [0.3, 0.4) is 0 Å². The first-order valence-electron chi connectivity index (χ1n) is 5.77. The second-order valence-electron chi connectivity index (χ2n) is 4.73. The molecule has 0 spiro atoms. The molecular formula is C11H18F3NO3S. The molecule has 1 unspecified atom stereocenters. The van der Waals surface area contributed by atoms with Crippen LogP contribution >= 0.6 is 12.6 Å². The minimum absolute atomic E-state index is 0.00142. The van der Waals surface area contributed by atoms with Gasteiger partial charge in [0, 0.05) is 5.75 Å². The quantitative estimate of drug-likeness (QED) is 0.631. The lowest BCUT2D eigenvalue weighted by atomic mass is 10.0. The smallest absolute Gasteiger partial charge is 0.389 e. The summed E-state index contributed by atoms with van der Waals surface area (Å²) >= 11 is 3.70. The molecule has 0 aromatic heterocycles. The van der Waals surface area contributed by atoms with Gasteiger partial charge in [0.25, 0.3) is 0 Å². The van der Waals surface area contributed by atoms with Crippen LogP contribution in [-0.4, -0.2) is 35.0 Å². The van der Waals surface area contributed by atoms with E-state index in [1.54, 1.807) is 13.8 Å². The van der Waals surface area contributed by atoms with E-state index in [0.29, 0.717) is 0 Å². The Morgan fingerprint density at radius 1 is 1.32 bits per heavy atom. The summed E-state index contributed by atoms with van der Waals surface area (Å²) in [5.41, 5.74) is 0. The molecule has 0 bridgehead atoms. The second-order valence-corrected chi connectivity index (χ2v) is 5.09. The van der Waals surface area contributed by atoms with Crippen LogP contribution in [0, 0.1) is 11.8 Å². The van der Waals surface area contributed by atoms with E-state index in [1.807, 2.05) is 0 Å². The van der Waals surface area contributed by atoms with E-state index in [1.165, 1.54) is 0 Å². The molecule has 19 heavy (non-hydrogen) atoms. The molecule has 0 fully saturated rings. The Hall–Kier alpha value is -0.920. The number of nitrogens with one attached hydrogen (secondary N) is 1. The fourth-order valence-corrected chi connectivity index (χ4v) is 1.80. The Morgan fingerprint density at radius 3 is 2.16 bits per heavy atom. The monoisotopic (exact) mass is 301 g/mol. The number of carboxylic acids is 1. The van der Waals surface area contributed by atoms with Gasteiger partial charge in [0.2, 0.25) is 5.91 Å². The van der Waals surface area contributed by atoms with Gasteiger partial charge < -0.3 is 10.4 Å². The molecule has 8 heteroatoms. The highest BCUT2D eigenvalue weighted by molar-refractivity contribution is 7.80. The van der Waals surface area contributed by atoms with E-state index in [-0.39, 0.29) is 18.1 Å². The SMILES string of the molecule is CC(C)C[C@H](NC(=O)C(CS)CC(F)(F)F)C(=O)O. The van der Waals surface area contributed by atoms with Crippen LogP contribution in [0.2, 0.25) is 0 Å². The van der Waals surface area contributed by atoms with Crippen LogP contribution in [0.1, 0.15) is 26.7 Å². The first-order chi connectivity index (χ1) is 8.56. The molecule has 2 N–H and O–H groups in total. The molecule has 0 saturated carbocycles. The van der Waals surface area contributed by atoms with Crippen molar-refractivity contribution in [3.8, 4) is 0 Å². The fourth-order valence-electron chi connectivity index (χ4n) is 1.50. The van der Waals surface area contributed by atoms with E-state index in [0.717, 1.165) is 0 Å². The third kappa shape index (κ3) is 7.97. The van der Waals surface area contributed by atoms with Crippen molar-refractivity contribution in [1.29, 1.82) is 0 Å². The van der Waals surface area contributed by atoms with Crippen molar-refractivity contribution in [2.45, 2.75) is 38.9 Å². The molecular weight excluding hydrogens is 283 g/mol. The molecule has 0 rings (SSSR count). The van der Waals surface area contributed by atoms with Gasteiger partial charge in [-0.15, -0.1) is 0 Å². The van der Waals surface area contributed by atoms with Gasteiger partial charge in [0.05, 0.1) is 12.3 Å². The van der Waals surface area contributed by atoms with Crippen molar-refractivity contribution in [1.82, 2.24) is 5.32 Å². The van der Waals surface area contributed by atoms with Crippen LogP contribution < -0.4 is 5.32 Å². The summed E-state index contributed by atoms with van der Waals surface area (Å²) in [6.07, 6.45) is -5.63. The predicted molar refractivity (Wildman–Crippen MR) is 67.0 cm³/mol. The molecule has 0 aliphatic rings. The number of carbonyl (C=O) groups excluding carboxylic acids is 1. The number of thiol groups is 1. The maximum atomic E-state index is 12.2. The first kappa shape index (κ1) is 18.1. The van der Waals surface area contributed by atoms with Crippen LogP contribution in [0.15, 0.2) is 0 Å². The number of aliphatic carboxylic acids is 1. The van der Waals surface area contributed by atoms with Crippen molar-refractivity contribution >= 4 is 24.5 Å². The fraction of sp³-hybridized carbons (Fsp3) is 0.818. The van der Waals surface area contributed by atoms with Crippen molar-refractivity contribution in [3.05, 3.63) is 0 Å². The van der Waals surface area contributed by atoms with Crippen molar-refractivity contribution in [3.63, 3.8) is 0 Å². The lowest BCUT2D eigenvalue weighted by Crippen LogP contribution is -2.45. The molecule has 0 aromatic carbocycles. The second kappa shape index (κ2) is 7.62. The summed E-state index contributed by atoms with van der Waals surface area (Å²) in [6.45, 7) is 3.52. The summed E-state index contributed by atoms with van der Waals surface area (Å²) in [5.74, 6) is -3.86. The van der Waals surface area contributed by atoms with Gasteiger partial charge in [-0.25, -0.2) is 4.79 Å². The highest BCUT2D eigenvalue weighted by atomic mass is 32.1. The van der Waals surface area contributed by atoms with E-state index in [2.05, 4.69) is 17.9 Å². The zero-order valence-corrected chi connectivity index (χ0v) is 11.6. The summed E-state index contributed by atoms with van der Waals surface area (Å²) in [5, 5.41) is 11.0. The van der Waals surface area contributed by atoms with Crippen molar-refractivity contribution in [2.24, 2.45) is 11.8 Å². The molecule has 112 valence electrons. The van der Waals surface area contributed by atoms with E-state index >= 15 is 0 Å². The Labute approximate surface area is 115 Å². The van der Waals surface area contributed by atoms with Crippen LogP contribution in [0.4, 0.5) is 13.2 Å². The molecule has 0 aromatic rings. The molecule has 0 heterocycles. The number of halogens is 3. The first-order valence-corrected chi connectivity index (χ1v) is 6.40. The third-order valence-corrected chi connectivity index (χ3v) is 2.83.